The molecule has 0 aromatic heterocycles. The quantitative estimate of drug-likeness (QED) is 0.463. The predicted molar refractivity (Wildman–Crippen MR) is 29.9 cm³/mol. The molecule has 0 aromatic carbocycles. The fourth-order valence-corrected chi connectivity index (χ4v) is 1.52. The van der Waals surface area contributed by atoms with Crippen molar-refractivity contribution < 1.29 is 9.59 Å². The molecule has 3 nitrogen and oxygen atoms in total. The van der Waals surface area contributed by atoms with E-state index in [-0.39, 0.29) is 23.0 Å². The van der Waals surface area contributed by atoms with Gasteiger partial charge >= 0.3 is 0 Å². The average Bonchev–Trinajstić information content (AvgIpc) is 2.58. The number of ketones is 2. The van der Waals surface area contributed by atoms with Gasteiger partial charge in [0.1, 0.15) is 0 Å². The van der Waals surface area contributed by atoms with Crippen LogP contribution in [0, 0.1) is 5.92 Å². The lowest BCUT2D eigenvalue weighted by Gasteiger charge is -2.20. The van der Waals surface area contributed by atoms with E-state index in [2.05, 4.69) is 5.32 Å². The van der Waals surface area contributed by atoms with E-state index in [1.165, 1.54) is 0 Å². The molecular weight excluding hydrogens is 118 g/mol. The summed E-state index contributed by atoms with van der Waals surface area (Å²) in [6.45, 7) is 0. The summed E-state index contributed by atoms with van der Waals surface area (Å²) in [5.41, 5.74) is -0.378. The van der Waals surface area contributed by atoms with Gasteiger partial charge in [0.2, 0.25) is 11.6 Å². The molecule has 2 aliphatic rings. The van der Waals surface area contributed by atoms with Gasteiger partial charge in [-0.3, -0.25) is 9.59 Å². The van der Waals surface area contributed by atoms with Crippen molar-refractivity contribution in [2.75, 3.05) is 7.05 Å². The summed E-state index contributed by atoms with van der Waals surface area (Å²) in [5.74, 6) is -0.352. The molecule has 2 rings (SSSR count). The molecule has 0 aromatic rings. The SMILES string of the molecule is CNC12CC1C(=O)C2=O. The summed E-state index contributed by atoms with van der Waals surface area (Å²) in [6.07, 6.45) is 0.737. The molecule has 2 fully saturated rings. The number of carbonyl (C=O) groups is 2. The van der Waals surface area contributed by atoms with Crippen molar-refractivity contribution >= 4 is 11.6 Å². The number of rotatable bonds is 1. The van der Waals surface area contributed by atoms with E-state index in [4.69, 9.17) is 0 Å². The summed E-state index contributed by atoms with van der Waals surface area (Å²) < 4.78 is 0. The van der Waals surface area contributed by atoms with Crippen molar-refractivity contribution in [1.29, 1.82) is 0 Å². The van der Waals surface area contributed by atoms with E-state index in [1.54, 1.807) is 7.05 Å². The van der Waals surface area contributed by atoms with Crippen molar-refractivity contribution in [3.8, 4) is 0 Å². The fraction of sp³-hybridized carbons (Fsp3) is 0.667. The van der Waals surface area contributed by atoms with Crippen LogP contribution in [0.2, 0.25) is 0 Å². The summed E-state index contributed by atoms with van der Waals surface area (Å²) in [6, 6.07) is 0. The third kappa shape index (κ3) is 0.320. The third-order valence-electron chi connectivity index (χ3n) is 2.35. The van der Waals surface area contributed by atoms with Crippen LogP contribution in [-0.4, -0.2) is 24.2 Å². The summed E-state index contributed by atoms with van der Waals surface area (Å²) in [5, 5.41) is 2.86. The lowest BCUT2D eigenvalue weighted by molar-refractivity contribution is -0.145. The van der Waals surface area contributed by atoms with Crippen molar-refractivity contribution in [3.05, 3.63) is 0 Å². The summed E-state index contributed by atoms with van der Waals surface area (Å²) in [7, 11) is 1.73. The molecule has 3 heteroatoms. The Morgan fingerprint density at radius 2 is 2.33 bits per heavy atom. The minimum atomic E-state index is -0.378. The second-order valence-electron chi connectivity index (χ2n) is 2.67. The zero-order chi connectivity index (χ0) is 6.65. The van der Waals surface area contributed by atoms with Gasteiger partial charge in [-0.05, 0) is 13.5 Å². The Kier molecular flexibility index (Phi) is 0.620. The van der Waals surface area contributed by atoms with E-state index in [9.17, 15) is 9.59 Å². The Morgan fingerprint density at radius 3 is 2.56 bits per heavy atom. The summed E-state index contributed by atoms with van der Waals surface area (Å²) in [4.78, 5) is 21.3. The topological polar surface area (TPSA) is 46.2 Å². The number of hydrogen-bond donors (Lipinski definition) is 1. The van der Waals surface area contributed by atoms with Crippen molar-refractivity contribution in [2.45, 2.75) is 12.0 Å². The van der Waals surface area contributed by atoms with Crippen LogP contribution in [0.3, 0.4) is 0 Å². The Bertz CT molecular complexity index is 211. The third-order valence-corrected chi connectivity index (χ3v) is 2.35. The molecule has 0 radical (unpaired) electrons. The minimum Gasteiger partial charge on any atom is -0.307 e. The van der Waals surface area contributed by atoms with E-state index in [0.29, 0.717) is 0 Å². The van der Waals surface area contributed by atoms with Gasteiger partial charge in [0, 0.05) is 0 Å². The normalized spacial score (nSPS) is 46.1. The molecule has 0 bridgehead atoms. The first-order chi connectivity index (χ1) is 4.22. The summed E-state index contributed by atoms with van der Waals surface area (Å²) >= 11 is 0. The maximum absolute atomic E-state index is 10.7. The van der Waals surface area contributed by atoms with Gasteiger partial charge in [-0.2, -0.15) is 0 Å². The zero-order valence-corrected chi connectivity index (χ0v) is 5.10. The van der Waals surface area contributed by atoms with Crippen molar-refractivity contribution in [3.63, 3.8) is 0 Å². The molecule has 2 unspecified atom stereocenters. The molecular formula is C6H7NO2. The average molecular weight is 125 g/mol. The molecule has 2 atom stereocenters. The fourth-order valence-electron chi connectivity index (χ4n) is 1.52. The van der Waals surface area contributed by atoms with Crippen molar-refractivity contribution in [2.24, 2.45) is 5.92 Å². The van der Waals surface area contributed by atoms with Gasteiger partial charge in [0.05, 0.1) is 11.5 Å². The van der Waals surface area contributed by atoms with Crippen LogP contribution in [0.4, 0.5) is 0 Å². The minimum absolute atomic E-state index is 0.0370. The monoisotopic (exact) mass is 125 g/mol. The van der Waals surface area contributed by atoms with Crippen LogP contribution >= 0.6 is 0 Å². The highest BCUT2D eigenvalue weighted by atomic mass is 16.2. The number of fused-ring (bicyclic) bond motifs is 1. The van der Waals surface area contributed by atoms with Crippen LogP contribution in [0.25, 0.3) is 0 Å². The lowest BCUT2D eigenvalue weighted by Crippen LogP contribution is -2.53. The van der Waals surface area contributed by atoms with E-state index >= 15 is 0 Å². The molecule has 0 spiro atoms. The second-order valence-corrected chi connectivity index (χ2v) is 2.67. The van der Waals surface area contributed by atoms with Gasteiger partial charge in [-0.15, -0.1) is 0 Å². The molecule has 0 amide bonds. The Hall–Kier alpha value is -0.700. The highest BCUT2D eigenvalue weighted by molar-refractivity contribution is 6.52. The smallest absolute Gasteiger partial charge is 0.219 e. The van der Waals surface area contributed by atoms with Crippen molar-refractivity contribution in [1.82, 2.24) is 5.32 Å². The van der Waals surface area contributed by atoms with Gasteiger partial charge < -0.3 is 5.32 Å². The van der Waals surface area contributed by atoms with Gasteiger partial charge in [0.25, 0.3) is 0 Å². The van der Waals surface area contributed by atoms with Gasteiger partial charge in [0.15, 0.2) is 0 Å². The Morgan fingerprint density at radius 1 is 1.67 bits per heavy atom. The molecule has 1 N–H and O–H groups in total. The first kappa shape index (κ1) is 5.11. The standard InChI is InChI=1S/C6H7NO2/c1-7-6-2-3(6)4(8)5(6)9/h3,7H,2H2,1H3. The Labute approximate surface area is 52.4 Å². The van der Waals surface area contributed by atoms with Crippen LogP contribution < -0.4 is 5.32 Å². The molecule has 0 heterocycles. The zero-order valence-electron chi connectivity index (χ0n) is 5.10. The first-order valence-electron chi connectivity index (χ1n) is 3.00. The number of hydrogen-bond acceptors (Lipinski definition) is 3. The first-order valence-corrected chi connectivity index (χ1v) is 3.00. The number of likely N-dealkylation sites (N-methyl/N-ethyl adjacent to an activating group) is 1. The van der Waals surface area contributed by atoms with Crippen LogP contribution in [0.1, 0.15) is 6.42 Å². The largest absolute Gasteiger partial charge is 0.307 e. The van der Waals surface area contributed by atoms with Crippen LogP contribution in [-0.2, 0) is 9.59 Å². The van der Waals surface area contributed by atoms with E-state index < -0.39 is 0 Å². The second kappa shape index (κ2) is 1.09. The van der Waals surface area contributed by atoms with E-state index in [1.807, 2.05) is 0 Å². The van der Waals surface area contributed by atoms with Crippen LogP contribution in [0.5, 0.6) is 0 Å². The molecule has 2 aliphatic carbocycles. The Balaban J connectivity index is 2.28. The molecule has 48 valence electrons. The van der Waals surface area contributed by atoms with Crippen LogP contribution in [0.15, 0.2) is 0 Å². The number of carbonyl (C=O) groups excluding carboxylic acids is 2. The molecule has 0 saturated heterocycles. The maximum Gasteiger partial charge on any atom is 0.219 e. The van der Waals surface area contributed by atoms with Gasteiger partial charge in [-0.1, -0.05) is 0 Å². The highest BCUT2D eigenvalue weighted by Gasteiger charge is 2.74. The molecule has 2 saturated carbocycles. The molecule has 9 heavy (non-hydrogen) atoms. The number of nitrogens with one attached hydrogen (secondary N) is 1. The lowest BCUT2D eigenvalue weighted by atomic mass is 9.90. The van der Waals surface area contributed by atoms with Gasteiger partial charge in [-0.25, -0.2) is 0 Å². The number of Topliss-reactive ketones (excluding diaryl/α,β-unsaturated/α-hetero) is 2. The maximum atomic E-state index is 10.7. The predicted octanol–water partition coefficient (Wildman–Crippen LogP) is -0.884. The highest BCUT2D eigenvalue weighted by Crippen LogP contribution is 2.53. The molecule has 0 aliphatic heterocycles. The van der Waals surface area contributed by atoms with E-state index in [0.717, 1.165) is 6.42 Å².